The average Bonchev–Trinajstić information content (AvgIpc) is 1.82. The molecule has 0 spiro atoms. The Hall–Kier alpha value is -0.890. The van der Waals surface area contributed by atoms with E-state index in [1.54, 1.807) is 0 Å². The van der Waals surface area contributed by atoms with E-state index in [1.807, 2.05) is 0 Å². The summed E-state index contributed by atoms with van der Waals surface area (Å²) in [5.41, 5.74) is -2.39. The molecule has 0 aliphatic heterocycles. The van der Waals surface area contributed by atoms with Crippen molar-refractivity contribution in [2.24, 2.45) is 0 Å². The van der Waals surface area contributed by atoms with Crippen molar-refractivity contribution in [3.05, 3.63) is 0 Å². The molecule has 0 aliphatic carbocycles. The van der Waals surface area contributed by atoms with E-state index in [1.165, 1.54) is 0 Å². The molecule has 0 saturated heterocycles. The molecule has 0 radical (unpaired) electrons. The fraction of sp³-hybridized carbons (Fsp3) is 0.500. The topological polar surface area (TPSA) is 68.3 Å². The Morgan fingerprint density at radius 1 is 0.615 bits per heavy atom. The quantitative estimate of drug-likeness (QED) is 0.643. The third-order valence-corrected chi connectivity index (χ3v) is 5.67. The number of hydrogen-bond acceptors (Lipinski definition) is 4. The third kappa shape index (κ3) is 1.73. The van der Waals surface area contributed by atoms with E-state index in [0.717, 1.165) is 27.7 Å². The van der Waals surface area contributed by atoms with Gasteiger partial charge in [-0.3, -0.25) is 19.2 Å². The Morgan fingerprint density at radius 2 is 0.769 bits per heavy atom. The second-order valence-corrected chi connectivity index (χ2v) is 6.61. The third-order valence-electron chi connectivity index (χ3n) is 1.89. The van der Waals surface area contributed by atoms with Crippen molar-refractivity contribution < 1.29 is 19.2 Å². The summed E-state index contributed by atoms with van der Waals surface area (Å²) in [6, 6.07) is 0. The number of rotatable bonds is 4. The van der Waals surface area contributed by atoms with Gasteiger partial charge in [0.2, 0.25) is 0 Å². The van der Waals surface area contributed by atoms with Crippen LogP contribution in [0.4, 0.5) is 0 Å². The minimum atomic E-state index is -3.34. The molecule has 4 nitrogen and oxygen atoms in total. The summed E-state index contributed by atoms with van der Waals surface area (Å²) in [7, 11) is -3.34. The first-order valence-electron chi connectivity index (χ1n) is 3.71. The van der Waals surface area contributed by atoms with Gasteiger partial charge in [0.1, 0.15) is 0 Å². The van der Waals surface area contributed by atoms with Gasteiger partial charge in [0, 0.05) is 27.7 Å². The zero-order valence-electron chi connectivity index (χ0n) is 8.08. The zero-order chi connectivity index (χ0) is 10.8. The Kier molecular flexibility index (Phi) is 3.61. The molecule has 0 heterocycles. The van der Waals surface area contributed by atoms with E-state index in [0.29, 0.717) is 0 Å². The zero-order valence-corrected chi connectivity index (χ0v) is 8.97. The van der Waals surface area contributed by atoms with Crippen LogP contribution in [0.15, 0.2) is 0 Å². The molecule has 13 heavy (non-hydrogen) atoms. The lowest BCUT2D eigenvalue weighted by Gasteiger charge is -2.11. The maximum atomic E-state index is 11.2. The van der Waals surface area contributed by atoms with Crippen LogP contribution >= 0.6 is 7.26 Å². The number of hydrogen-bond donors (Lipinski definition) is 0. The van der Waals surface area contributed by atoms with Gasteiger partial charge in [0.05, 0.1) is 0 Å². The van der Waals surface area contributed by atoms with Crippen LogP contribution in [0.1, 0.15) is 27.7 Å². The van der Waals surface area contributed by atoms with Gasteiger partial charge >= 0.3 is 0 Å². The molecule has 0 amide bonds. The predicted molar refractivity (Wildman–Crippen MR) is 49.6 cm³/mol. The molecule has 0 saturated carbocycles. The summed E-state index contributed by atoms with van der Waals surface area (Å²) in [6.45, 7) is 4.49. The van der Waals surface area contributed by atoms with Crippen molar-refractivity contribution >= 4 is 29.4 Å². The molecule has 0 aliphatic rings. The summed E-state index contributed by atoms with van der Waals surface area (Å²) in [4.78, 5) is 44.7. The highest BCUT2D eigenvalue weighted by molar-refractivity contribution is 8.25. The van der Waals surface area contributed by atoms with Crippen LogP contribution < -0.4 is 0 Å². The highest BCUT2D eigenvalue weighted by atomic mass is 31.2. The minimum absolute atomic E-state index is 0.597. The maximum Gasteiger partial charge on any atom is 0.290 e. The van der Waals surface area contributed by atoms with Gasteiger partial charge in [-0.15, -0.1) is 0 Å². The van der Waals surface area contributed by atoms with Crippen molar-refractivity contribution in [1.29, 1.82) is 0 Å². The fourth-order valence-electron chi connectivity index (χ4n) is 1.33. The molecule has 0 bridgehead atoms. The molecular formula is C8H12O4P+. The van der Waals surface area contributed by atoms with Crippen molar-refractivity contribution in [3.8, 4) is 0 Å². The van der Waals surface area contributed by atoms with Crippen LogP contribution in [0.5, 0.6) is 0 Å². The molecule has 5 heteroatoms. The van der Waals surface area contributed by atoms with E-state index < -0.39 is 29.4 Å². The molecule has 0 aromatic heterocycles. The Morgan fingerprint density at radius 3 is 0.769 bits per heavy atom. The van der Waals surface area contributed by atoms with Crippen LogP contribution in [0.25, 0.3) is 0 Å². The maximum absolute atomic E-state index is 11.2. The first-order valence-corrected chi connectivity index (χ1v) is 5.50. The standard InChI is InChI=1S/C8H12O4P/c1-5(9)13(6(2)10,7(3)11)8(4)12/h1-4H3/q+1. The Bertz CT molecular complexity index is 231. The van der Waals surface area contributed by atoms with Crippen molar-refractivity contribution in [3.63, 3.8) is 0 Å². The minimum Gasteiger partial charge on any atom is -0.252 e. The smallest absolute Gasteiger partial charge is 0.252 e. The molecule has 0 aromatic carbocycles. The summed E-state index contributed by atoms with van der Waals surface area (Å²) >= 11 is 0. The van der Waals surface area contributed by atoms with E-state index >= 15 is 0 Å². The predicted octanol–water partition coefficient (Wildman–Crippen LogP) is 1.19. The van der Waals surface area contributed by atoms with E-state index in [-0.39, 0.29) is 0 Å². The Balaban J connectivity index is 5.60. The summed E-state index contributed by atoms with van der Waals surface area (Å²) in [6.07, 6.45) is 0. The van der Waals surface area contributed by atoms with E-state index in [9.17, 15) is 19.2 Å². The summed E-state index contributed by atoms with van der Waals surface area (Å²) in [5, 5.41) is 0. The molecule has 0 unspecified atom stereocenters. The van der Waals surface area contributed by atoms with Gasteiger partial charge in [-0.05, 0) is 0 Å². The first kappa shape index (κ1) is 12.1. The van der Waals surface area contributed by atoms with Gasteiger partial charge in [-0.25, -0.2) is 0 Å². The van der Waals surface area contributed by atoms with Crippen LogP contribution in [-0.2, 0) is 19.2 Å². The van der Waals surface area contributed by atoms with E-state index in [4.69, 9.17) is 0 Å². The number of carbonyl (C=O) groups excluding carboxylic acids is 4. The van der Waals surface area contributed by atoms with Crippen molar-refractivity contribution in [2.45, 2.75) is 27.7 Å². The molecule has 0 atom stereocenters. The fourth-order valence-corrected chi connectivity index (χ4v) is 3.99. The van der Waals surface area contributed by atoms with Gasteiger partial charge in [-0.1, -0.05) is 0 Å². The molecule has 72 valence electrons. The molecule has 0 N–H and O–H groups in total. The van der Waals surface area contributed by atoms with Gasteiger partial charge in [0.25, 0.3) is 29.4 Å². The van der Waals surface area contributed by atoms with Crippen LogP contribution in [0.3, 0.4) is 0 Å². The highest BCUT2D eigenvalue weighted by Gasteiger charge is 2.60. The molecule has 0 aromatic rings. The molecule has 0 fully saturated rings. The normalized spacial score (nSPS) is 10.8. The lowest BCUT2D eigenvalue weighted by atomic mass is 10.9. The lowest BCUT2D eigenvalue weighted by molar-refractivity contribution is -0.117. The summed E-state index contributed by atoms with van der Waals surface area (Å²) in [5.74, 6) is 0. The average molecular weight is 203 g/mol. The van der Waals surface area contributed by atoms with Crippen molar-refractivity contribution in [2.75, 3.05) is 0 Å². The summed E-state index contributed by atoms with van der Waals surface area (Å²) < 4.78 is 0. The molecular weight excluding hydrogens is 191 g/mol. The van der Waals surface area contributed by atoms with Crippen LogP contribution in [-0.4, -0.2) is 22.1 Å². The number of carbonyl (C=O) groups is 4. The molecule has 0 rings (SSSR count). The second kappa shape index (κ2) is 3.88. The SMILES string of the molecule is CC(=O)[P+](C(C)=O)(C(C)=O)C(C)=O. The van der Waals surface area contributed by atoms with Crippen LogP contribution in [0.2, 0.25) is 0 Å². The van der Waals surface area contributed by atoms with Gasteiger partial charge < -0.3 is 0 Å². The monoisotopic (exact) mass is 203 g/mol. The van der Waals surface area contributed by atoms with Crippen molar-refractivity contribution in [1.82, 2.24) is 0 Å². The second-order valence-electron chi connectivity index (χ2n) is 2.75. The van der Waals surface area contributed by atoms with Crippen LogP contribution in [0, 0.1) is 0 Å². The lowest BCUT2D eigenvalue weighted by Crippen LogP contribution is -2.23. The van der Waals surface area contributed by atoms with Gasteiger partial charge in [0.15, 0.2) is 0 Å². The first-order chi connectivity index (χ1) is 5.77. The van der Waals surface area contributed by atoms with Gasteiger partial charge in [-0.2, -0.15) is 0 Å². The Labute approximate surface area is 77.0 Å². The van der Waals surface area contributed by atoms with E-state index in [2.05, 4.69) is 0 Å². The highest BCUT2D eigenvalue weighted by Crippen LogP contribution is 2.61. The largest absolute Gasteiger partial charge is 0.290 e.